The van der Waals surface area contributed by atoms with Gasteiger partial charge in [0.05, 0.1) is 6.54 Å². The minimum absolute atomic E-state index is 0.751. The highest BCUT2D eigenvalue weighted by molar-refractivity contribution is 8.00. The standard InChI is InChI=1S/C23H19Cl2NS/c24-20-7-11-22(12-8-20)26(27-23-13-9-21(25)10-14-23)16-17-5-6-18-3-1-2-4-19(18)15-17/h1-4,7-15H,5-6,16H2. The second kappa shape index (κ2) is 8.43. The molecule has 136 valence electrons. The number of hydrogen-bond acceptors (Lipinski definition) is 2. The minimum Gasteiger partial charge on any atom is -0.308 e. The molecule has 3 aromatic carbocycles. The van der Waals surface area contributed by atoms with Crippen LogP contribution in [0.2, 0.25) is 10.0 Å². The summed E-state index contributed by atoms with van der Waals surface area (Å²) in [7, 11) is 0. The van der Waals surface area contributed by atoms with Crippen LogP contribution < -0.4 is 4.31 Å². The van der Waals surface area contributed by atoms with Crippen molar-refractivity contribution in [2.24, 2.45) is 0 Å². The van der Waals surface area contributed by atoms with Crippen LogP contribution in [0.3, 0.4) is 0 Å². The smallest absolute Gasteiger partial charge is 0.0512 e. The van der Waals surface area contributed by atoms with E-state index in [0.29, 0.717) is 0 Å². The maximum atomic E-state index is 6.09. The Bertz CT molecular complexity index is 949. The number of hydrogen-bond donors (Lipinski definition) is 0. The van der Waals surface area contributed by atoms with Crippen LogP contribution in [0.15, 0.2) is 83.3 Å². The van der Waals surface area contributed by atoms with Gasteiger partial charge < -0.3 is 4.31 Å². The highest BCUT2D eigenvalue weighted by Crippen LogP contribution is 2.33. The van der Waals surface area contributed by atoms with Crippen LogP contribution in [0.4, 0.5) is 5.69 Å². The van der Waals surface area contributed by atoms with Crippen molar-refractivity contribution in [3.63, 3.8) is 0 Å². The van der Waals surface area contributed by atoms with E-state index in [1.807, 2.05) is 24.3 Å². The number of halogens is 2. The largest absolute Gasteiger partial charge is 0.308 e. The van der Waals surface area contributed by atoms with Gasteiger partial charge in [-0.25, -0.2) is 0 Å². The summed E-state index contributed by atoms with van der Waals surface area (Å²) in [4.78, 5) is 1.16. The minimum atomic E-state index is 0.751. The van der Waals surface area contributed by atoms with E-state index in [2.05, 4.69) is 58.9 Å². The van der Waals surface area contributed by atoms with Crippen molar-refractivity contribution in [1.82, 2.24) is 0 Å². The molecule has 0 atom stereocenters. The fraction of sp³-hybridized carbons (Fsp3) is 0.130. The molecule has 0 radical (unpaired) electrons. The van der Waals surface area contributed by atoms with Gasteiger partial charge in [0, 0.05) is 20.6 Å². The van der Waals surface area contributed by atoms with Gasteiger partial charge in [-0.1, -0.05) is 53.5 Å². The average molecular weight is 412 g/mol. The molecule has 27 heavy (non-hydrogen) atoms. The molecule has 0 aromatic heterocycles. The van der Waals surface area contributed by atoms with E-state index in [4.69, 9.17) is 23.2 Å². The second-order valence-corrected chi connectivity index (χ2v) is 8.53. The van der Waals surface area contributed by atoms with Gasteiger partial charge in [-0.2, -0.15) is 0 Å². The molecule has 4 rings (SSSR count). The van der Waals surface area contributed by atoms with E-state index < -0.39 is 0 Å². The first-order valence-corrected chi connectivity index (χ1v) is 10.4. The molecular weight excluding hydrogens is 393 g/mol. The van der Waals surface area contributed by atoms with Gasteiger partial charge in [-0.15, -0.1) is 0 Å². The monoisotopic (exact) mass is 411 g/mol. The zero-order chi connectivity index (χ0) is 18.6. The summed E-state index contributed by atoms with van der Waals surface area (Å²) in [6, 6.07) is 24.7. The molecule has 0 amide bonds. The Morgan fingerprint density at radius 1 is 0.778 bits per heavy atom. The molecule has 0 aliphatic heterocycles. The van der Waals surface area contributed by atoms with E-state index in [-0.39, 0.29) is 0 Å². The summed E-state index contributed by atoms with van der Waals surface area (Å²) in [5.41, 5.74) is 5.35. The molecule has 4 heteroatoms. The van der Waals surface area contributed by atoms with Gasteiger partial charge in [0.1, 0.15) is 0 Å². The first-order valence-electron chi connectivity index (χ1n) is 8.91. The molecule has 1 aliphatic carbocycles. The van der Waals surface area contributed by atoms with Crippen LogP contribution in [0.1, 0.15) is 17.5 Å². The average Bonchev–Trinajstić information content (AvgIpc) is 2.70. The third-order valence-electron chi connectivity index (χ3n) is 4.62. The normalized spacial score (nSPS) is 13.0. The first kappa shape index (κ1) is 18.5. The van der Waals surface area contributed by atoms with Gasteiger partial charge in [0.2, 0.25) is 0 Å². The molecule has 0 heterocycles. The highest BCUT2D eigenvalue weighted by atomic mass is 35.5. The van der Waals surface area contributed by atoms with Crippen molar-refractivity contribution in [3.8, 4) is 0 Å². The Balaban J connectivity index is 1.61. The van der Waals surface area contributed by atoms with E-state index in [9.17, 15) is 0 Å². The van der Waals surface area contributed by atoms with Crippen LogP contribution >= 0.6 is 35.1 Å². The summed E-state index contributed by atoms with van der Waals surface area (Å²) >= 11 is 13.9. The number of aryl methyl sites for hydroxylation is 1. The van der Waals surface area contributed by atoms with E-state index in [1.165, 1.54) is 16.7 Å². The predicted octanol–water partition coefficient (Wildman–Crippen LogP) is 7.54. The molecule has 0 saturated heterocycles. The lowest BCUT2D eigenvalue weighted by molar-refractivity contribution is 0.892. The predicted molar refractivity (Wildman–Crippen MR) is 119 cm³/mol. The zero-order valence-electron chi connectivity index (χ0n) is 14.7. The quantitative estimate of drug-likeness (QED) is 0.398. The van der Waals surface area contributed by atoms with Crippen LogP contribution in [-0.2, 0) is 6.42 Å². The summed E-state index contributed by atoms with van der Waals surface area (Å²) in [5.74, 6) is 0. The van der Waals surface area contributed by atoms with Gasteiger partial charge in [-0.05, 0) is 90.0 Å². The Kier molecular flexibility index (Phi) is 5.77. The van der Waals surface area contributed by atoms with Gasteiger partial charge >= 0.3 is 0 Å². The third-order valence-corrected chi connectivity index (χ3v) is 6.17. The first-order chi connectivity index (χ1) is 13.2. The van der Waals surface area contributed by atoms with Crippen LogP contribution in [0.5, 0.6) is 0 Å². The van der Waals surface area contributed by atoms with Crippen LogP contribution in [-0.4, -0.2) is 6.54 Å². The molecule has 1 nitrogen and oxygen atoms in total. The molecule has 0 saturated carbocycles. The lowest BCUT2D eigenvalue weighted by Crippen LogP contribution is -2.19. The molecule has 3 aromatic rings. The number of anilines is 1. The Morgan fingerprint density at radius 2 is 1.44 bits per heavy atom. The molecular formula is C23H19Cl2NS. The van der Waals surface area contributed by atoms with E-state index in [0.717, 1.165) is 40.0 Å². The number of benzene rings is 3. The highest BCUT2D eigenvalue weighted by Gasteiger charge is 2.15. The molecule has 1 aliphatic rings. The number of nitrogens with zero attached hydrogens (tertiary/aromatic N) is 1. The number of rotatable bonds is 5. The van der Waals surface area contributed by atoms with Crippen LogP contribution in [0.25, 0.3) is 6.08 Å². The summed E-state index contributed by atoms with van der Waals surface area (Å²) in [6.07, 6.45) is 4.52. The summed E-state index contributed by atoms with van der Waals surface area (Å²) < 4.78 is 2.32. The van der Waals surface area contributed by atoms with Gasteiger partial charge in [0.25, 0.3) is 0 Å². The van der Waals surface area contributed by atoms with Gasteiger partial charge in [-0.3, -0.25) is 0 Å². The summed E-state index contributed by atoms with van der Waals surface area (Å²) in [6.45, 7) is 0.864. The van der Waals surface area contributed by atoms with Crippen LogP contribution in [0, 0.1) is 0 Å². The third kappa shape index (κ3) is 4.70. The fourth-order valence-corrected chi connectivity index (χ4v) is 4.43. The topological polar surface area (TPSA) is 3.24 Å². The molecule has 0 spiro atoms. The Hall–Kier alpha value is -1.87. The molecule has 0 N–H and O–H groups in total. The zero-order valence-corrected chi connectivity index (χ0v) is 17.1. The van der Waals surface area contributed by atoms with Crippen molar-refractivity contribution < 1.29 is 0 Å². The van der Waals surface area contributed by atoms with Crippen molar-refractivity contribution in [3.05, 3.63) is 99.5 Å². The molecule has 0 bridgehead atoms. The summed E-state index contributed by atoms with van der Waals surface area (Å²) in [5, 5.41) is 1.50. The van der Waals surface area contributed by atoms with E-state index >= 15 is 0 Å². The van der Waals surface area contributed by atoms with Crippen molar-refractivity contribution in [2.45, 2.75) is 17.7 Å². The van der Waals surface area contributed by atoms with Crippen molar-refractivity contribution in [2.75, 3.05) is 10.8 Å². The van der Waals surface area contributed by atoms with Crippen molar-refractivity contribution >= 4 is 46.9 Å². The van der Waals surface area contributed by atoms with Crippen molar-refractivity contribution in [1.29, 1.82) is 0 Å². The second-order valence-electron chi connectivity index (χ2n) is 6.56. The lowest BCUT2D eigenvalue weighted by Gasteiger charge is -2.27. The molecule has 0 fully saturated rings. The number of fused-ring (bicyclic) bond motifs is 1. The molecule has 0 unspecified atom stereocenters. The fourth-order valence-electron chi connectivity index (χ4n) is 3.21. The SMILES string of the molecule is Clc1ccc(SN(CC2=Cc3ccccc3CC2)c2ccc(Cl)cc2)cc1. The maximum Gasteiger partial charge on any atom is 0.0512 e. The maximum absolute atomic E-state index is 6.09. The van der Waals surface area contributed by atoms with Gasteiger partial charge in [0.15, 0.2) is 0 Å². The Morgan fingerprint density at radius 3 is 2.19 bits per heavy atom. The lowest BCUT2D eigenvalue weighted by atomic mass is 9.92. The Labute approximate surface area is 174 Å². The van der Waals surface area contributed by atoms with E-state index in [1.54, 1.807) is 11.9 Å².